The van der Waals surface area contributed by atoms with Crippen molar-refractivity contribution < 1.29 is 9.53 Å². The highest BCUT2D eigenvalue weighted by Crippen LogP contribution is 2.27. The Morgan fingerprint density at radius 1 is 1.35 bits per heavy atom. The van der Waals surface area contributed by atoms with Crippen LogP contribution in [0.4, 0.5) is 0 Å². The topological polar surface area (TPSA) is 42.4 Å². The highest BCUT2D eigenvalue weighted by atomic mass is 35.5. The SMILES string of the molecule is CC1COC(c2cccc(Cl)c2)CN1C(=O)Cc1ccncc1. The lowest BCUT2D eigenvalue weighted by Crippen LogP contribution is -2.48. The second-order valence-corrected chi connectivity index (χ2v) is 6.24. The molecule has 1 aliphatic rings. The fraction of sp³-hybridized carbons (Fsp3) is 0.333. The van der Waals surface area contributed by atoms with Crippen molar-refractivity contribution in [2.45, 2.75) is 25.5 Å². The Kier molecular flexibility index (Phi) is 4.94. The van der Waals surface area contributed by atoms with Crippen molar-refractivity contribution in [1.82, 2.24) is 9.88 Å². The van der Waals surface area contributed by atoms with Gasteiger partial charge < -0.3 is 9.64 Å². The van der Waals surface area contributed by atoms with Crippen LogP contribution in [0.25, 0.3) is 0 Å². The van der Waals surface area contributed by atoms with Gasteiger partial charge in [-0.3, -0.25) is 9.78 Å². The highest BCUT2D eigenvalue weighted by Gasteiger charge is 2.30. The minimum Gasteiger partial charge on any atom is -0.370 e. The number of carbonyl (C=O) groups excluding carboxylic acids is 1. The van der Waals surface area contributed by atoms with E-state index in [0.717, 1.165) is 11.1 Å². The molecule has 0 bridgehead atoms. The van der Waals surface area contributed by atoms with Gasteiger partial charge in [-0.25, -0.2) is 0 Å². The molecular weight excluding hydrogens is 312 g/mol. The van der Waals surface area contributed by atoms with Crippen LogP contribution in [0.5, 0.6) is 0 Å². The van der Waals surface area contributed by atoms with Crippen molar-refractivity contribution in [1.29, 1.82) is 0 Å². The fourth-order valence-electron chi connectivity index (χ4n) is 2.79. The summed E-state index contributed by atoms with van der Waals surface area (Å²) in [4.78, 5) is 18.5. The molecule has 120 valence electrons. The Hall–Kier alpha value is -1.91. The molecular formula is C18H19ClN2O2. The summed E-state index contributed by atoms with van der Waals surface area (Å²) in [5, 5.41) is 0.680. The zero-order valence-corrected chi connectivity index (χ0v) is 13.7. The summed E-state index contributed by atoms with van der Waals surface area (Å²) in [5.41, 5.74) is 1.98. The normalized spacial score (nSPS) is 21.2. The van der Waals surface area contributed by atoms with Crippen LogP contribution in [0.15, 0.2) is 48.8 Å². The predicted molar refractivity (Wildman–Crippen MR) is 89.3 cm³/mol. The zero-order valence-electron chi connectivity index (χ0n) is 13.0. The molecule has 1 saturated heterocycles. The molecule has 4 nitrogen and oxygen atoms in total. The van der Waals surface area contributed by atoms with Gasteiger partial charge in [-0.15, -0.1) is 0 Å². The maximum Gasteiger partial charge on any atom is 0.227 e. The maximum absolute atomic E-state index is 12.6. The molecule has 0 spiro atoms. The average Bonchev–Trinajstić information content (AvgIpc) is 2.56. The molecule has 1 aromatic carbocycles. The summed E-state index contributed by atoms with van der Waals surface area (Å²) in [6, 6.07) is 11.4. The van der Waals surface area contributed by atoms with E-state index in [1.165, 1.54) is 0 Å². The van der Waals surface area contributed by atoms with Gasteiger partial charge in [0.25, 0.3) is 0 Å². The third kappa shape index (κ3) is 3.89. The van der Waals surface area contributed by atoms with Gasteiger partial charge in [0.1, 0.15) is 6.10 Å². The fourth-order valence-corrected chi connectivity index (χ4v) is 2.99. The van der Waals surface area contributed by atoms with Gasteiger partial charge in [0.15, 0.2) is 0 Å². The van der Waals surface area contributed by atoms with E-state index in [0.29, 0.717) is 24.6 Å². The van der Waals surface area contributed by atoms with Crippen LogP contribution in [0.3, 0.4) is 0 Å². The quantitative estimate of drug-likeness (QED) is 0.867. The number of ether oxygens (including phenoxy) is 1. The van der Waals surface area contributed by atoms with Gasteiger partial charge in [0.2, 0.25) is 5.91 Å². The summed E-state index contributed by atoms with van der Waals surface area (Å²) in [6.45, 7) is 3.09. The minimum atomic E-state index is -0.133. The second kappa shape index (κ2) is 7.11. The second-order valence-electron chi connectivity index (χ2n) is 5.80. The average molecular weight is 331 g/mol. The summed E-state index contributed by atoms with van der Waals surface area (Å²) in [6.07, 6.45) is 3.67. The lowest BCUT2D eigenvalue weighted by Gasteiger charge is -2.38. The number of morpholine rings is 1. The Bertz CT molecular complexity index is 678. The van der Waals surface area contributed by atoms with Gasteiger partial charge in [-0.1, -0.05) is 23.7 Å². The molecule has 1 aliphatic heterocycles. The first-order valence-electron chi connectivity index (χ1n) is 7.69. The van der Waals surface area contributed by atoms with E-state index in [1.54, 1.807) is 12.4 Å². The van der Waals surface area contributed by atoms with E-state index in [4.69, 9.17) is 16.3 Å². The van der Waals surface area contributed by atoms with Gasteiger partial charge in [0, 0.05) is 17.4 Å². The molecule has 0 radical (unpaired) electrons. The van der Waals surface area contributed by atoms with Crippen LogP contribution in [0.2, 0.25) is 5.02 Å². The number of hydrogen-bond donors (Lipinski definition) is 0. The number of carbonyl (C=O) groups is 1. The third-order valence-electron chi connectivity index (χ3n) is 4.08. The molecule has 0 aliphatic carbocycles. The smallest absolute Gasteiger partial charge is 0.227 e. The van der Waals surface area contributed by atoms with Gasteiger partial charge in [-0.2, -0.15) is 0 Å². The molecule has 23 heavy (non-hydrogen) atoms. The zero-order chi connectivity index (χ0) is 16.2. The Morgan fingerprint density at radius 2 is 2.13 bits per heavy atom. The van der Waals surface area contributed by atoms with Crippen molar-refractivity contribution in [2.24, 2.45) is 0 Å². The van der Waals surface area contributed by atoms with Crippen LogP contribution in [0.1, 0.15) is 24.2 Å². The van der Waals surface area contributed by atoms with Crippen molar-refractivity contribution in [2.75, 3.05) is 13.2 Å². The van der Waals surface area contributed by atoms with Crippen LogP contribution < -0.4 is 0 Å². The van der Waals surface area contributed by atoms with Crippen LogP contribution in [-0.2, 0) is 16.0 Å². The standard InChI is InChI=1S/C18H19ClN2O2/c1-13-12-23-17(15-3-2-4-16(19)10-15)11-21(13)18(22)9-14-5-7-20-8-6-14/h2-8,10,13,17H,9,11-12H2,1H3. The first-order valence-corrected chi connectivity index (χ1v) is 8.06. The Labute approximate surface area is 141 Å². The Balaban J connectivity index is 1.72. The molecule has 2 aromatic rings. The number of nitrogens with zero attached hydrogens (tertiary/aromatic N) is 2. The van der Waals surface area contributed by atoms with Crippen molar-refractivity contribution in [3.8, 4) is 0 Å². The predicted octanol–water partition coefficient (Wildman–Crippen LogP) is 3.27. The van der Waals surface area contributed by atoms with Crippen molar-refractivity contribution >= 4 is 17.5 Å². The van der Waals surface area contributed by atoms with Gasteiger partial charge >= 0.3 is 0 Å². The van der Waals surface area contributed by atoms with E-state index in [-0.39, 0.29) is 18.1 Å². The molecule has 3 rings (SSSR count). The number of halogens is 1. The molecule has 0 saturated carbocycles. The first-order chi connectivity index (χ1) is 11.1. The summed E-state index contributed by atoms with van der Waals surface area (Å²) in [7, 11) is 0. The number of aromatic nitrogens is 1. The van der Waals surface area contributed by atoms with Crippen LogP contribution >= 0.6 is 11.6 Å². The summed E-state index contributed by atoms with van der Waals surface area (Å²) < 4.78 is 5.90. The van der Waals surface area contributed by atoms with E-state index >= 15 is 0 Å². The highest BCUT2D eigenvalue weighted by molar-refractivity contribution is 6.30. The Morgan fingerprint density at radius 3 is 2.87 bits per heavy atom. The molecule has 1 amide bonds. The number of pyridine rings is 1. The van der Waals surface area contributed by atoms with Gasteiger partial charge in [-0.05, 0) is 42.3 Å². The van der Waals surface area contributed by atoms with Gasteiger partial charge in [0.05, 0.1) is 25.6 Å². The molecule has 0 N–H and O–H groups in total. The first kappa shape index (κ1) is 16.0. The van der Waals surface area contributed by atoms with Crippen LogP contribution in [-0.4, -0.2) is 35.0 Å². The van der Waals surface area contributed by atoms with E-state index in [9.17, 15) is 4.79 Å². The van der Waals surface area contributed by atoms with E-state index in [1.807, 2.05) is 48.2 Å². The molecule has 2 heterocycles. The van der Waals surface area contributed by atoms with Crippen LogP contribution in [0, 0.1) is 0 Å². The monoisotopic (exact) mass is 330 g/mol. The molecule has 5 heteroatoms. The molecule has 1 fully saturated rings. The van der Waals surface area contributed by atoms with Crippen molar-refractivity contribution in [3.63, 3.8) is 0 Å². The molecule has 1 aromatic heterocycles. The minimum absolute atomic E-state index is 0.0692. The summed E-state index contributed by atoms with van der Waals surface area (Å²) >= 11 is 6.06. The van der Waals surface area contributed by atoms with E-state index in [2.05, 4.69) is 4.98 Å². The number of hydrogen-bond acceptors (Lipinski definition) is 3. The lowest BCUT2D eigenvalue weighted by atomic mass is 10.0. The largest absolute Gasteiger partial charge is 0.370 e. The molecule has 2 unspecified atom stereocenters. The number of rotatable bonds is 3. The third-order valence-corrected chi connectivity index (χ3v) is 4.31. The summed E-state index contributed by atoms with van der Waals surface area (Å²) in [5.74, 6) is 0.110. The molecule has 2 atom stereocenters. The maximum atomic E-state index is 12.6. The lowest BCUT2D eigenvalue weighted by molar-refractivity contribution is -0.143. The number of amides is 1. The van der Waals surface area contributed by atoms with E-state index < -0.39 is 0 Å². The number of benzene rings is 1. The van der Waals surface area contributed by atoms with Crippen molar-refractivity contribution in [3.05, 3.63) is 64.9 Å².